The minimum atomic E-state index is -0.703. The molecule has 0 amide bonds. The molecule has 4 heteroatoms. The number of benzene rings is 11. The number of hydrogen-bond acceptors (Lipinski definition) is 3. The minimum Gasteiger partial charge on any atom is -0.455 e. The molecule has 3 heterocycles. The molecule has 4 nitrogen and oxygen atoms in total. The number of fused-ring (bicyclic) bond motifs is 21. The van der Waals surface area contributed by atoms with Crippen LogP contribution in [0.3, 0.4) is 0 Å². The lowest BCUT2D eigenvalue weighted by Crippen LogP contribution is -2.26. The lowest BCUT2D eigenvalue weighted by atomic mass is 9.70. The molecule has 0 bridgehead atoms. The SMILES string of the molecule is c1ccc(-c2ccc(N(c3cc4c(c5oc6ccccc6c35)-c3c(ccc5c3oc3ccccc35)C43c4ccccc4-c4ccccc43)c3cccc4c3c3ccccc3n4-c3ccccc3)cc2)cc1. The van der Waals surface area contributed by atoms with Crippen molar-refractivity contribution in [2.24, 2.45) is 0 Å². The maximum Gasteiger partial charge on any atom is 0.145 e. The third-order valence-corrected chi connectivity index (χ3v) is 15.6. The summed E-state index contributed by atoms with van der Waals surface area (Å²) >= 11 is 0. The summed E-state index contributed by atoms with van der Waals surface area (Å²) in [5.41, 5.74) is 21.1. The Morgan fingerprint density at radius 1 is 0.352 bits per heavy atom. The standard InChI is InChI=1S/C67H40N2O2/c1-3-18-41(19-4-1)42-34-36-44(37-35-42)69(57-31-17-30-56-61(57)49-25-9-14-29-55(49)68(56)43-20-5-2-6-21-43)58-40-54-64(66-62(58)50-26-11-16-33-60(50)71-66)63-53(39-38-48-47-24-10-15-32-59(47)70-65(48)63)67(54)51-27-12-7-22-45(51)46-23-8-13-28-52(46)67/h1-40H. The summed E-state index contributed by atoms with van der Waals surface area (Å²) in [7, 11) is 0. The molecule has 0 unspecified atom stereocenters. The first kappa shape index (κ1) is 38.6. The number of rotatable bonds is 5. The van der Waals surface area contributed by atoms with Gasteiger partial charge in [0.1, 0.15) is 22.3 Å². The van der Waals surface area contributed by atoms with E-state index in [2.05, 4.69) is 252 Å². The molecule has 330 valence electrons. The van der Waals surface area contributed by atoms with E-state index in [1.54, 1.807) is 0 Å². The summed E-state index contributed by atoms with van der Waals surface area (Å²) in [6, 6.07) is 88.4. The van der Waals surface area contributed by atoms with E-state index < -0.39 is 5.41 Å². The lowest BCUT2D eigenvalue weighted by Gasteiger charge is -2.32. The molecule has 16 rings (SSSR count). The Bertz CT molecular complexity index is 4470. The molecule has 2 aliphatic carbocycles. The summed E-state index contributed by atoms with van der Waals surface area (Å²) in [6.45, 7) is 0. The average molecular weight is 905 g/mol. The van der Waals surface area contributed by atoms with Gasteiger partial charge in [0.05, 0.1) is 33.2 Å². The van der Waals surface area contributed by atoms with Gasteiger partial charge in [-0.15, -0.1) is 0 Å². The summed E-state index contributed by atoms with van der Waals surface area (Å²) in [5, 5.41) is 6.64. The second-order valence-corrected chi connectivity index (χ2v) is 19.0. The number of aromatic nitrogens is 1. The van der Waals surface area contributed by atoms with Gasteiger partial charge in [-0.3, -0.25) is 0 Å². The van der Waals surface area contributed by atoms with Crippen LogP contribution < -0.4 is 4.90 Å². The number of anilines is 3. The van der Waals surface area contributed by atoms with Gasteiger partial charge in [-0.2, -0.15) is 0 Å². The maximum atomic E-state index is 7.44. The van der Waals surface area contributed by atoms with E-state index in [9.17, 15) is 0 Å². The fourth-order valence-electron chi connectivity index (χ4n) is 12.8. The molecule has 0 N–H and O–H groups in total. The van der Waals surface area contributed by atoms with Crippen LogP contribution in [-0.2, 0) is 5.41 Å². The normalized spacial score (nSPS) is 13.2. The van der Waals surface area contributed by atoms with Crippen molar-refractivity contribution in [2.75, 3.05) is 4.90 Å². The van der Waals surface area contributed by atoms with E-state index in [1.165, 1.54) is 49.7 Å². The summed E-state index contributed by atoms with van der Waals surface area (Å²) in [4.78, 5) is 2.52. The van der Waals surface area contributed by atoms with Gasteiger partial charge >= 0.3 is 0 Å². The molecule has 0 aliphatic heterocycles. The smallest absolute Gasteiger partial charge is 0.145 e. The Morgan fingerprint density at radius 2 is 0.930 bits per heavy atom. The summed E-state index contributed by atoms with van der Waals surface area (Å²) in [6.07, 6.45) is 0. The largest absolute Gasteiger partial charge is 0.455 e. The van der Waals surface area contributed by atoms with Crippen molar-refractivity contribution in [1.29, 1.82) is 0 Å². The van der Waals surface area contributed by atoms with Gasteiger partial charge in [-0.1, -0.05) is 182 Å². The van der Waals surface area contributed by atoms with Crippen LogP contribution in [0.25, 0.3) is 105 Å². The Kier molecular flexibility index (Phi) is 7.79. The highest BCUT2D eigenvalue weighted by Crippen LogP contribution is 2.67. The number of para-hydroxylation sites is 4. The number of furan rings is 2. The van der Waals surface area contributed by atoms with Gasteiger partial charge in [0.15, 0.2) is 0 Å². The average Bonchev–Trinajstić information content (AvgIpc) is 4.25. The van der Waals surface area contributed by atoms with E-state index in [0.29, 0.717) is 0 Å². The van der Waals surface area contributed by atoms with Crippen LogP contribution in [0.15, 0.2) is 251 Å². The number of nitrogens with zero attached hydrogens (tertiary/aromatic N) is 2. The van der Waals surface area contributed by atoms with Crippen molar-refractivity contribution in [3.05, 3.63) is 265 Å². The quantitative estimate of drug-likeness (QED) is 0.173. The predicted octanol–water partition coefficient (Wildman–Crippen LogP) is 18.1. The summed E-state index contributed by atoms with van der Waals surface area (Å²) < 4.78 is 16.9. The zero-order valence-corrected chi connectivity index (χ0v) is 38.3. The molecule has 0 saturated carbocycles. The number of hydrogen-bond donors (Lipinski definition) is 0. The van der Waals surface area contributed by atoms with Crippen LogP contribution in [-0.4, -0.2) is 4.57 Å². The first-order valence-electron chi connectivity index (χ1n) is 24.4. The van der Waals surface area contributed by atoms with Crippen LogP contribution >= 0.6 is 0 Å². The van der Waals surface area contributed by atoms with Gasteiger partial charge < -0.3 is 18.3 Å². The van der Waals surface area contributed by atoms with E-state index in [0.717, 1.165) is 94.4 Å². The highest BCUT2D eigenvalue weighted by Gasteiger charge is 2.54. The molecule has 3 aromatic heterocycles. The van der Waals surface area contributed by atoms with Crippen LogP contribution in [0.4, 0.5) is 17.1 Å². The summed E-state index contributed by atoms with van der Waals surface area (Å²) in [5.74, 6) is 0. The molecule has 2 aliphatic rings. The van der Waals surface area contributed by atoms with Crippen LogP contribution in [0.2, 0.25) is 0 Å². The fraction of sp³-hybridized carbons (Fsp3) is 0.0149. The van der Waals surface area contributed by atoms with Gasteiger partial charge in [-0.25, -0.2) is 0 Å². The molecule has 11 aromatic carbocycles. The topological polar surface area (TPSA) is 34.5 Å². The first-order chi connectivity index (χ1) is 35.3. The third kappa shape index (κ3) is 5.07. The predicted molar refractivity (Wildman–Crippen MR) is 292 cm³/mol. The van der Waals surface area contributed by atoms with Crippen molar-refractivity contribution < 1.29 is 8.83 Å². The molecule has 1 spiro atoms. The maximum absolute atomic E-state index is 7.44. The van der Waals surface area contributed by atoms with Crippen molar-refractivity contribution in [3.8, 4) is 39.1 Å². The minimum absolute atomic E-state index is 0.703. The zero-order chi connectivity index (χ0) is 46.4. The zero-order valence-electron chi connectivity index (χ0n) is 38.3. The van der Waals surface area contributed by atoms with E-state index in [-0.39, 0.29) is 0 Å². The molecule has 14 aromatic rings. The van der Waals surface area contributed by atoms with Crippen molar-refractivity contribution in [3.63, 3.8) is 0 Å². The van der Waals surface area contributed by atoms with Crippen molar-refractivity contribution >= 4 is 82.7 Å². The Hall–Kier alpha value is -9.38. The van der Waals surface area contributed by atoms with Gasteiger partial charge in [0.2, 0.25) is 0 Å². The second kappa shape index (κ2) is 14.3. The van der Waals surface area contributed by atoms with E-state index in [1.807, 2.05) is 0 Å². The van der Waals surface area contributed by atoms with Gasteiger partial charge in [0, 0.05) is 49.4 Å². The van der Waals surface area contributed by atoms with Crippen molar-refractivity contribution in [2.45, 2.75) is 5.41 Å². The Labute approximate surface area is 408 Å². The Balaban J connectivity index is 1.09. The molecule has 0 atom stereocenters. The van der Waals surface area contributed by atoms with E-state index >= 15 is 0 Å². The molecular weight excluding hydrogens is 865 g/mol. The Morgan fingerprint density at radius 3 is 1.69 bits per heavy atom. The lowest BCUT2D eigenvalue weighted by molar-refractivity contribution is 0.665. The second-order valence-electron chi connectivity index (χ2n) is 19.0. The first-order valence-corrected chi connectivity index (χ1v) is 24.4. The van der Waals surface area contributed by atoms with Crippen LogP contribution in [0.1, 0.15) is 22.3 Å². The van der Waals surface area contributed by atoms with Crippen LogP contribution in [0, 0.1) is 0 Å². The van der Waals surface area contributed by atoms with Gasteiger partial charge in [-0.05, 0) is 105 Å². The fourth-order valence-corrected chi connectivity index (χ4v) is 12.8. The molecular formula is C67H40N2O2. The highest BCUT2D eigenvalue weighted by molar-refractivity contribution is 6.24. The molecule has 0 fully saturated rings. The third-order valence-electron chi connectivity index (χ3n) is 15.6. The van der Waals surface area contributed by atoms with Crippen LogP contribution in [0.5, 0.6) is 0 Å². The van der Waals surface area contributed by atoms with Crippen molar-refractivity contribution in [1.82, 2.24) is 4.57 Å². The molecule has 0 radical (unpaired) electrons. The molecule has 71 heavy (non-hydrogen) atoms. The van der Waals surface area contributed by atoms with Gasteiger partial charge in [0.25, 0.3) is 0 Å². The highest BCUT2D eigenvalue weighted by atomic mass is 16.3. The monoisotopic (exact) mass is 904 g/mol. The van der Waals surface area contributed by atoms with E-state index in [4.69, 9.17) is 8.83 Å². The molecule has 0 saturated heterocycles.